The molecule has 0 aliphatic rings. The summed E-state index contributed by atoms with van der Waals surface area (Å²) < 4.78 is 0.915. The van der Waals surface area contributed by atoms with Crippen LogP contribution in [0, 0.1) is 0 Å². The highest BCUT2D eigenvalue weighted by Crippen LogP contribution is 2.16. The summed E-state index contributed by atoms with van der Waals surface area (Å²) in [6.07, 6.45) is 2.91. The second-order valence-electron chi connectivity index (χ2n) is 3.10. The molecule has 0 atom stereocenters. The first-order valence-corrected chi connectivity index (χ1v) is 5.38. The highest BCUT2D eigenvalue weighted by Gasteiger charge is 2.05. The lowest BCUT2D eigenvalue weighted by molar-refractivity contribution is 0.102. The number of hydrogen-bond donors (Lipinski definition) is 1. The molecule has 1 N–H and O–H groups in total. The highest BCUT2D eigenvalue weighted by atomic mass is 79.9. The van der Waals surface area contributed by atoms with Gasteiger partial charge in [0.05, 0.1) is 18.0 Å². The number of carbonyl (C=O) groups is 1. The molecule has 0 saturated carbocycles. The van der Waals surface area contributed by atoms with Crippen LogP contribution in [0.15, 0.2) is 47.2 Å². The predicted octanol–water partition coefficient (Wildman–Crippen LogP) is 2.49. The smallest absolute Gasteiger partial charge is 0.257 e. The molecule has 0 aliphatic carbocycles. The monoisotopic (exact) mass is 277 g/mol. The second kappa shape index (κ2) is 4.85. The lowest BCUT2D eigenvalue weighted by Gasteiger charge is -2.04. The molecule has 80 valence electrons. The van der Waals surface area contributed by atoms with E-state index in [-0.39, 0.29) is 5.91 Å². The fourth-order valence-corrected chi connectivity index (χ4v) is 1.59. The average Bonchev–Trinajstić information content (AvgIpc) is 2.30. The van der Waals surface area contributed by atoms with Crippen LogP contribution in [0.1, 0.15) is 10.4 Å². The van der Waals surface area contributed by atoms with Crippen LogP contribution in [0.2, 0.25) is 0 Å². The Morgan fingerprint density at radius 2 is 2.12 bits per heavy atom. The van der Waals surface area contributed by atoms with Gasteiger partial charge in [-0.15, -0.1) is 0 Å². The summed E-state index contributed by atoms with van der Waals surface area (Å²) in [5, 5.41) is 10.0. The molecule has 1 aromatic carbocycles. The van der Waals surface area contributed by atoms with Crippen LogP contribution >= 0.6 is 15.9 Å². The number of nitrogens with zero attached hydrogens (tertiary/aromatic N) is 2. The van der Waals surface area contributed by atoms with Gasteiger partial charge in [-0.1, -0.05) is 22.0 Å². The highest BCUT2D eigenvalue weighted by molar-refractivity contribution is 9.10. The minimum Gasteiger partial charge on any atom is -0.322 e. The Morgan fingerprint density at radius 1 is 1.25 bits per heavy atom. The summed E-state index contributed by atoms with van der Waals surface area (Å²) in [5.74, 6) is -0.201. The standard InChI is InChI=1S/C11H8BrN3O/c12-9-2-1-3-10(6-9)15-11(16)8-4-5-13-14-7-8/h1-7H,(H,15,16). The number of amides is 1. The molecule has 2 aromatic rings. The van der Waals surface area contributed by atoms with Crippen LogP contribution in [0.5, 0.6) is 0 Å². The quantitative estimate of drug-likeness (QED) is 0.918. The Kier molecular flexibility index (Phi) is 3.26. The Balaban J connectivity index is 2.14. The molecule has 1 aromatic heterocycles. The normalized spacial score (nSPS) is 9.81. The van der Waals surface area contributed by atoms with Crippen molar-refractivity contribution in [1.29, 1.82) is 0 Å². The zero-order valence-corrected chi connectivity index (χ0v) is 9.81. The summed E-state index contributed by atoms with van der Waals surface area (Å²) in [6, 6.07) is 9.00. The molecule has 5 heteroatoms. The minimum absolute atomic E-state index is 0.201. The molecule has 0 radical (unpaired) electrons. The number of hydrogen-bond acceptors (Lipinski definition) is 3. The Morgan fingerprint density at radius 3 is 2.81 bits per heavy atom. The zero-order chi connectivity index (χ0) is 11.4. The third kappa shape index (κ3) is 2.64. The first-order valence-electron chi connectivity index (χ1n) is 4.59. The van der Waals surface area contributed by atoms with Crippen LogP contribution in [-0.2, 0) is 0 Å². The molecule has 0 bridgehead atoms. The summed E-state index contributed by atoms with van der Waals surface area (Å²) in [4.78, 5) is 11.7. The van der Waals surface area contributed by atoms with Gasteiger partial charge in [0, 0.05) is 10.2 Å². The summed E-state index contributed by atoms with van der Waals surface area (Å²) >= 11 is 3.33. The SMILES string of the molecule is O=C(Nc1cccc(Br)c1)c1ccnnc1. The largest absolute Gasteiger partial charge is 0.322 e. The van der Waals surface area contributed by atoms with Gasteiger partial charge in [0.15, 0.2) is 0 Å². The van der Waals surface area contributed by atoms with E-state index in [1.54, 1.807) is 6.07 Å². The van der Waals surface area contributed by atoms with Crippen LogP contribution in [0.25, 0.3) is 0 Å². The Bertz CT molecular complexity index is 502. The molecular weight excluding hydrogens is 270 g/mol. The van der Waals surface area contributed by atoms with Crippen molar-refractivity contribution in [2.24, 2.45) is 0 Å². The lowest BCUT2D eigenvalue weighted by Crippen LogP contribution is -2.12. The van der Waals surface area contributed by atoms with Gasteiger partial charge < -0.3 is 5.32 Å². The summed E-state index contributed by atoms with van der Waals surface area (Å²) in [5.41, 5.74) is 1.21. The molecule has 0 spiro atoms. The maximum atomic E-state index is 11.7. The third-order valence-electron chi connectivity index (χ3n) is 1.93. The Hall–Kier alpha value is -1.75. The second-order valence-corrected chi connectivity index (χ2v) is 4.01. The predicted molar refractivity (Wildman–Crippen MR) is 64.1 cm³/mol. The van der Waals surface area contributed by atoms with E-state index in [0.29, 0.717) is 5.56 Å². The molecule has 1 heterocycles. The topological polar surface area (TPSA) is 54.9 Å². The first kappa shape index (κ1) is 10.8. The minimum atomic E-state index is -0.201. The van der Waals surface area contributed by atoms with E-state index < -0.39 is 0 Å². The molecule has 4 nitrogen and oxygen atoms in total. The van der Waals surface area contributed by atoms with E-state index in [4.69, 9.17) is 0 Å². The van der Waals surface area contributed by atoms with Crippen molar-refractivity contribution in [3.05, 3.63) is 52.8 Å². The molecule has 1 amide bonds. The van der Waals surface area contributed by atoms with Crippen molar-refractivity contribution in [2.75, 3.05) is 5.32 Å². The van der Waals surface area contributed by atoms with Crippen LogP contribution in [-0.4, -0.2) is 16.1 Å². The van der Waals surface area contributed by atoms with Crippen molar-refractivity contribution >= 4 is 27.5 Å². The van der Waals surface area contributed by atoms with Gasteiger partial charge >= 0.3 is 0 Å². The number of rotatable bonds is 2. The first-order chi connectivity index (χ1) is 7.75. The van der Waals surface area contributed by atoms with Gasteiger partial charge in [-0.05, 0) is 24.3 Å². The van der Waals surface area contributed by atoms with Crippen molar-refractivity contribution in [1.82, 2.24) is 10.2 Å². The van der Waals surface area contributed by atoms with E-state index in [9.17, 15) is 4.79 Å². The van der Waals surface area contributed by atoms with E-state index in [2.05, 4.69) is 31.4 Å². The van der Waals surface area contributed by atoms with Crippen LogP contribution in [0.4, 0.5) is 5.69 Å². The van der Waals surface area contributed by atoms with E-state index >= 15 is 0 Å². The summed E-state index contributed by atoms with van der Waals surface area (Å²) in [6.45, 7) is 0. The number of halogens is 1. The fraction of sp³-hybridized carbons (Fsp3) is 0. The number of benzene rings is 1. The van der Waals surface area contributed by atoms with Crippen molar-refractivity contribution < 1.29 is 4.79 Å². The molecule has 0 aliphatic heterocycles. The van der Waals surface area contributed by atoms with Crippen LogP contribution < -0.4 is 5.32 Å². The van der Waals surface area contributed by atoms with Gasteiger partial charge in [-0.25, -0.2) is 0 Å². The molecule has 2 rings (SSSR count). The van der Waals surface area contributed by atoms with Gasteiger partial charge in [0.25, 0.3) is 5.91 Å². The van der Waals surface area contributed by atoms with Crippen molar-refractivity contribution in [3.63, 3.8) is 0 Å². The fourth-order valence-electron chi connectivity index (χ4n) is 1.19. The molecular formula is C11H8BrN3O. The number of carbonyl (C=O) groups excluding carboxylic acids is 1. The van der Waals surface area contributed by atoms with Gasteiger partial charge in [-0.2, -0.15) is 10.2 Å². The average molecular weight is 278 g/mol. The van der Waals surface area contributed by atoms with Gasteiger partial charge in [-0.3, -0.25) is 4.79 Å². The maximum Gasteiger partial charge on any atom is 0.257 e. The molecule has 16 heavy (non-hydrogen) atoms. The zero-order valence-electron chi connectivity index (χ0n) is 8.22. The van der Waals surface area contributed by atoms with Gasteiger partial charge in [0.1, 0.15) is 0 Å². The Labute approximate surface area is 101 Å². The molecule has 0 saturated heterocycles. The molecule has 0 unspecified atom stereocenters. The van der Waals surface area contributed by atoms with Crippen molar-refractivity contribution in [2.45, 2.75) is 0 Å². The molecule has 0 fully saturated rings. The van der Waals surface area contributed by atoms with E-state index in [1.807, 2.05) is 24.3 Å². The number of anilines is 1. The number of nitrogens with one attached hydrogen (secondary N) is 1. The summed E-state index contributed by atoms with van der Waals surface area (Å²) in [7, 11) is 0. The third-order valence-corrected chi connectivity index (χ3v) is 2.42. The van der Waals surface area contributed by atoms with E-state index in [0.717, 1.165) is 10.2 Å². The number of aromatic nitrogens is 2. The maximum absolute atomic E-state index is 11.7. The van der Waals surface area contributed by atoms with Gasteiger partial charge in [0.2, 0.25) is 0 Å². The lowest BCUT2D eigenvalue weighted by atomic mass is 10.2. The van der Waals surface area contributed by atoms with E-state index in [1.165, 1.54) is 12.4 Å². The van der Waals surface area contributed by atoms with Crippen molar-refractivity contribution in [3.8, 4) is 0 Å². The van der Waals surface area contributed by atoms with Crippen LogP contribution in [0.3, 0.4) is 0 Å².